The molecule has 0 aliphatic heterocycles. The molecule has 0 heterocycles. The summed E-state index contributed by atoms with van der Waals surface area (Å²) in [6.07, 6.45) is 5.17. The van der Waals surface area contributed by atoms with Gasteiger partial charge in [0, 0.05) is 12.8 Å². The number of ketones is 1. The number of aryl methyl sites for hydroxylation is 1. The van der Waals surface area contributed by atoms with Crippen molar-refractivity contribution in [3.63, 3.8) is 0 Å². The fourth-order valence-corrected chi connectivity index (χ4v) is 2.47. The normalized spacial score (nSPS) is 11.5. The molecule has 0 atom stereocenters. The van der Waals surface area contributed by atoms with Crippen LogP contribution in [0, 0.1) is 0 Å². The van der Waals surface area contributed by atoms with Gasteiger partial charge >= 0.3 is 0 Å². The summed E-state index contributed by atoms with van der Waals surface area (Å²) in [5, 5.41) is 0. The fraction of sp³-hybridized carbons (Fsp3) is 0.650. The van der Waals surface area contributed by atoms with Gasteiger partial charge in [0.25, 0.3) is 0 Å². The third kappa shape index (κ3) is 6.21. The minimum absolute atomic E-state index is 0.135. The zero-order chi connectivity index (χ0) is 16.6. The molecule has 0 unspecified atom stereocenters. The molecule has 0 bridgehead atoms. The number of carbonyl (C=O) groups excluding carboxylic acids is 1. The van der Waals surface area contributed by atoms with Gasteiger partial charge in [-0.15, -0.1) is 0 Å². The molecule has 0 fully saturated rings. The van der Waals surface area contributed by atoms with Crippen molar-refractivity contribution in [3.8, 4) is 5.75 Å². The first kappa shape index (κ1) is 18.7. The second kappa shape index (κ2) is 8.97. The number of carbonyl (C=O) groups is 1. The lowest BCUT2D eigenvalue weighted by Gasteiger charge is -2.21. The Bertz CT molecular complexity index is 469. The quantitative estimate of drug-likeness (QED) is 0.605. The van der Waals surface area contributed by atoms with Crippen molar-refractivity contribution in [1.29, 1.82) is 0 Å². The van der Waals surface area contributed by atoms with E-state index in [0.717, 1.165) is 38.0 Å². The molecule has 0 N–H and O–H groups in total. The first-order valence-corrected chi connectivity index (χ1v) is 8.66. The van der Waals surface area contributed by atoms with Crippen molar-refractivity contribution in [1.82, 2.24) is 0 Å². The summed E-state index contributed by atoms with van der Waals surface area (Å²) in [6, 6.07) is 6.52. The highest BCUT2D eigenvalue weighted by Crippen LogP contribution is 2.29. The Morgan fingerprint density at radius 2 is 1.82 bits per heavy atom. The van der Waals surface area contributed by atoms with Crippen molar-refractivity contribution in [2.45, 2.75) is 78.6 Å². The van der Waals surface area contributed by atoms with E-state index in [1.807, 2.05) is 0 Å². The number of Topliss-reactive ketones (excluding diaryl/α,β-unsaturated/α-hetero) is 1. The van der Waals surface area contributed by atoms with E-state index in [-0.39, 0.29) is 5.41 Å². The lowest BCUT2D eigenvalue weighted by atomic mass is 9.85. The summed E-state index contributed by atoms with van der Waals surface area (Å²) < 4.78 is 5.87. The topological polar surface area (TPSA) is 26.3 Å². The van der Waals surface area contributed by atoms with Crippen LogP contribution in [-0.4, -0.2) is 12.4 Å². The summed E-state index contributed by atoms with van der Waals surface area (Å²) in [5.74, 6) is 1.36. The first-order chi connectivity index (χ1) is 10.4. The van der Waals surface area contributed by atoms with Crippen LogP contribution in [0.2, 0.25) is 0 Å². The smallest absolute Gasteiger partial charge is 0.132 e. The van der Waals surface area contributed by atoms with Gasteiger partial charge in [0.2, 0.25) is 0 Å². The van der Waals surface area contributed by atoms with Gasteiger partial charge in [-0.05, 0) is 48.3 Å². The van der Waals surface area contributed by atoms with E-state index in [4.69, 9.17) is 4.74 Å². The van der Waals surface area contributed by atoms with Gasteiger partial charge in [-0.2, -0.15) is 0 Å². The zero-order valence-electron chi connectivity index (χ0n) is 15.0. The average Bonchev–Trinajstić information content (AvgIpc) is 2.45. The summed E-state index contributed by atoms with van der Waals surface area (Å²) in [7, 11) is 0. The van der Waals surface area contributed by atoms with Crippen molar-refractivity contribution >= 4 is 5.78 Å². The highest BCUT2D eigenvalue weighted by Gasteiger charge is 2.16. The summed E-state index contributed by atoms with van der Waals surface area (Å²) in [4.78, 5) is 11.7. The van der Waals surface area contributed by atoms with Gasteiger partial charge in [0.1, 0.15) is 11.5 Å². The van der Waals surface area contributed by atoms with Gasteiger partial charge in [0.15, 0.2) is 0 Å². The fourth-order valence-electron chi connectivity index (χ4n) is 2.47. The summed E-state index contributed by atoms with van der Waals surface area (Å²) >= 11 is 0. The van der Waals surface area contributed by atoms with Crippen LogP contribution in [0.25, 0.3) is 0 Å². The Morgan fingerprint density at radius 3 is 2.41 bits per heavy atom. The van der Waals surface area contributed by atoms with Crippen molar-refractivity contribution in [2.24, 2.45) is 0 Å². The van der Waals surface area contributed by atoms with E-state index in [1.54, 1.807) is 0 Å². The second-order valence-electron chi connectivity index (χ2n) is 7.06. The van der Waals surface area contributed by atoms with Crippen LogP contribution in [0.5, 0.6) is 5.75 Å². The van der Waals surface area contributed by atoms with Gasteiger partial charge in [0.05, 0.1) is 6.61 Å². The van der Waals surface area contributed by atoms with Crippen LogP contribution in [0.15, 0.2) is 18.2 Å². The third-order valence-corrected chi connectivity index (χ3v) is 3.82. The van der Waals surface area contributed by atoms with Crippen LogP contribution >= 0.6 is 0 Å². The minimum Gasteiger partial charge on any atom is -0.493 e. The number of hydrogen-bond donors (Lipinski definition) is 0. The van der Waals surface area contributed by atoms with Crippen LogP contribution in [0.1, 0.15) is 77.8 Å². The Kier molecular flexibility index (Phi) is 7.64. The monoisotopic (exact) mass is 304 g/mol. The number of hydrogen-bond acceptors (Lipinski definition) is 2. The van der Waals surface area contributed by atoms with Crippen molar-refractivity contribution < 1.29 is 9.53 Å². The second-order valence-corrected chi connectivity index (χ2v) is 7.06. The Labute approximate surface area is 136 Å². The van der Waals surface area contributed by atoms with Gasteiger partial charge in [-0.1, -0.05) is 46.8 Å². The van der Waals surface area contributed by atoms with Gasteiger partial charge < -0.3 is 4.74 Å². The van der Waals surface area contributed by atoms with Crippen molar-refractivity contribution in [2.75, 3.05) is 6.61 Å². The molecule has 22 heavy (non-hydrogen) atoms. The van der Waals surface area contributed by atoms with Gasteiger partial charge in [-0.25, -0.2) is 0 Å². The highest BCUT2D eigenvalue weighted by atomic mass is 16.5. The lowest BCUT2D eigenvalue weighted by Crippen LogP contribution is -2.12. The average molecular weight is 304 g/mol. The predicted octanol–water partition coefficient (Wildman–Crippen LogP) is 5.46. The zero-order valence-corrected chi connectivity index (χ0v) is 15.0. The van der Waals surface area contributed by atoms with Crippen LogP contribution in [0.3, 0.4) is 0 Å². The van der Waals surface area contributed by atoms with E-state index in [9.17, 15) is 4.79 Å². The largest absolute Gasteiger partial charge is 0.493 e. The number of ether oxygens (including phenoxy) is 1. The molecular formula is C20H32O2. The molecule has 0 radical (unpaired) electrons. The molecule has 0 aromatic heterocycles. The summed E-state index contributed by atoms with van der Waals surface area (Å²) in [6.45, 7) is 11.6. The maximum atomic E-state index is 11.7. The van der Waals surface area contributed by atoms with Crippen LogP contribution in [0.4, 0.5) is 0 Å². The molecule has 0 aliphatic rings. The Hall–Kier alpha value is -1.31. The van der Waals surface area contributed by atoms with E-state index < -0.39 is 0 Å². The SMILES string of the molecule is CCCOc1ccc(C(C)(C)C)cc1CCCC(=O)CCC. The molecular weight excluding hydrogens is 272 g/mol. The first-order valence-electron chi connectivity index (χ1n) is 8.66. The molecule has 0 aliphatic carbocycles. The standard InChI is InChI=1S/C20H32O2/c1-6-9-18(21)11-8-10-16-15-17(20(3,4)5)12-13-19(16)22-14-7-2/h12-13,15H,6-11,14H2,1-5H3. The minimum atomic E-state index is 0.135. The van der Waals surface area contributed by atoms with E-state index in [1.165, 1.54) is 11.1 Å². The number of rotatable bonds is 9. The number of benzene rings is 1. The summed E-state index contributed by atoms with van der Waals surface area (Å²) in [5.41, 5.74) is 2.70. The van der Waals surface area contributed by atoms with Gasteiger partial charge in [-0.3, -0.25) is 4.79 Å². The molecule has 124 valence electrons. The maximum Gasteiger partial charge on any atom is 0.132 e. The van der Waals surface area contributed by atoms with Crippen LogP contribution < -0.4 is 4.74 Å². The molecule has 1 aromatic carbocycles. The molecule has 0 saturated heterocycles. The third-order valence-electron chi connectivity index (χ3n) is 3.82. The molecule has 1 rings (SSSR count). The van der Waals surface area contributed by atoms with E-state index >= 15 is 0 Å². The van der Waals surface area contributed by atoms with E-state index in [2.05, 4.69) is 52.8 Å². The Balaban J connectivity index is 2.80. The van der Waals surface area contributed by atoms with Crippen LogP contribution in [-0.2, 0) is 16.6 Å². The molecule has 1 aromatic rings. The molecule has 2 nitrogen and oxygen atoms in total. The molecule has 0 amide bonds. The highest BCUT2D eigenvalue weighted by molar-refractivity contribution is 5.78. The van der Waals surface area contributed by atoms with E-state index in [0.29, 0.717) is 18.6 Å². The molecule has 0 saturated carbocycles. The Morgan fingerprint density at radius 1 is 1.09 bits per heavy atom. The molecule has 2 heteroatoms. The predicted molar refractivity (Wildman–Crippen MR) is 93.8 cm³/mol. The molecule has 0 spiro atoms. The lowest BCUT2D eigenvalue weighted by molar-refractivity contribution is -0.119. The van der Waals surface area contributed by atoms with Crippen molar-refractivity contribution in [3.05, 3.63) is 29.3 Å². The maximum absolute atomic E-state index is 11.7.